The zero-order chi connectivity index (χ0) is 20.0. The molecular weight excluding hydrogens is 364 g/mol. The number of rotatable bonds is 6. The predicted octanol–water partition coefficient (Wildman–Crippen LogP) is 4.00. The van der Waals surface area contributed by atoms with Crippen molar-refractivity contribution in [3.63, 3.8) is 0 Å². The number of likely N-dealkylation sites (tertiary alicyclic amines) is 1. The molecule has 0 bridgehead atoms. The van der Waals surface area contributed by atoms with Gasteiger partial charge in [-0.2, -0.15) is 0 Å². The van der Waals surface area contributed by atoms with Crippen molar-refractivity contribution >= 4 is 28.1 Å². The van der Waals surface area contributed by atoms with Crippen LogP contribution in [0.2, 0.25) is 0 Å². The first-order valence-corrected chi connectivity index (χ1v) is 10.4. The van der Waals surface area contributed by atoms with Gasteiger partial charge in [-0.25, -0.2) is 0 Å². The van der Waals surface area contributed by atoms with E-state index in [0.29, 0.717) is 16.9 Å². The van der Waals surface area contributed by atoms with Gasteiger partial charge in [-0.3, -0.25) is 4.79 Å². The molecule has 3 aromatic rings. The highest BCUT2D eigenvalue weighted by atomic mass is 16.5. The van der Waals surface area contributed by atoms with Crippen LogP contribution in [0.4, 0.5) is 11.4 Å². The fourth-order valence-electron chi connectivity index (χ4n) is 4.55. The van der Waals surface area contributed by atoms with Crippen LogP contribution in [0, 0.1) is 0 Å². The molecule has 0 unspecified atom stereocenters. The van der Waals surface area contributed by atoms with Crippen molar-refractivity contribution in [2.24, 2.45) is 0 Å². The number of benzene rings is 2. The molecule has 2 aromatic carbocycles. The molecule has 29 heavy (non-hydrogen) atoms. The Labute approximate surface area is 170 Å². The summed E-state index contributed by atoms with van der Waals surface area (Å²) in [4.78, 5) is 17.9. The molecule has 2 heterocycles. The normalized spacial score (nSPS) is 15.7. The summed E-state index contributed by atoms with van der Waals surface area (Å²) in [5.74, 6) is 0.725. The molecule has 0 atom stereocenters. The van der Waals surface area contributed by atoms with E-state index < -0.39 is 0 Å². The van der Waals surface area contributed by atoms with E-state index in [2.05, 4.69) is 15.4 Å². The fourth-order valence-corrected chi connectivity index (χ4v) is 4.55. The molecule has 0 spiro atoms. The van der Waals surface area contributed by atoms with Gasteiger partial charge in [0.25, 0.3) is 0 Å². The third-order valence-corrected chi connectivity index (χ3v) is 6.03. The van der Waals surface area contributed by atoms with Gasteiger partial charge in [0.15, 0.2) is 11.5 Å². The molecule has 150 valence electrons. The minimum atomic E-state index is 0.0358. The first-order valence-electron chi connectivity index (χ1n) is 10.4. The number of hydrogen-bond donors (Lipinski definition) is 1. The number of carbonyl (C=O) groups is 1. The Kier molecular flexibility index (Phi) is 4.51. The van der Waals surface area contributed by atoms with Crippen LogP contribution in [0.25, 0.3) is 22.2 Å². The van der Waals surface area contributed by atoms with Gasteiger partial charge in [0.2, 0.25) is 0 Å². The summed E-state index contributed by atoms with van der Waals surface area (Å²) in [7, 11) is 3.98. The summed E-state index contributed by atoms with van der Waals surface area (Å²) in [6, 6.07) is 9.66. The van der Waals surface area contributed by atoms with Crippen LogP contribution in [0.15, 0.2) is 34.9 Å². The van der Waals surface area contributed by atoms with Gasteiger partial charge in [-0.05, 0) is 45.0 Å². The molecule has 0 amide bonds. The number of ketones is 1. The third kappa shape index (κ3) is 2.99. The van der Waals surface area contributed by atoms with Crippen LogP contribution in [0.5, 0.6) is 0 Å². The van der Waals surface area contributed by atoms with E-state index in [1.165, 1.54) is 25.9 Å². The largest absolute Gasteiger partial charge is 0.384 e. The second kappa shape index (κ2) is 7.19. The lowest BCUT2D eigenvalue weighted by atomic mass is 9.86. The Morgan fingerprint density at radius 3 is 2.69 bits per heavy atom. The zero-order valence-corrected chi connectivity index (χ0v) is 17.0. The highest BCUT2D eigenvalue weighted by Crippen LogP contribution is 2.45. The lowest BCUT2D eigenvalue weighted by Gasteiger charge is -2.22. The molecule has 1 fully saturated rings. The smallest absolute Gasteiger partial charge is 0.196 e. The molecule has 2 aliphatic rings. The third-order valence-electron chi connectivity index (χ3n) is 6.03. The maximum atomic E-state index is 13.4. The minimum Gasteiger partial charge on any atom is -0.384 e. The summed E-state index contributed by atoms with van der Waals surface area (Å²) in [6.45, 7) is 4.35. The molecule has 1 N–H and O–H groups in total. The van der Waals surface area contributed by atoms with E-state index in [0.717, 1.165) is 47.4 Å². The van der Waals surface area contributed by atoms with Crippen LogP contribution in [0.1, 0.15) is 35.2 Å². The van der Waals surface area contributed by atoms with Crippen LogP contribution < -0.4 is 10.2 Å². The monoisotopic (exact) mass is 390 g/mol. The molecule has 0 saturated carbocycles. The SMILES string of the molecule is CN(C)c1cc(NCCCN2CCCC2)c2c3c(onc13)-c1ccccc1C2=O. The minimum absolute atomic E-state index is 0.0358. The van der Waals surface area contributed by atoms with Crippen molar-refractivity contribution < 1.29 is 9.32 Å². The summed E-state index contributed by atoms with van der Waals surface area (Å²) < 4.78 is 5.75. The molecule has 1 aliphatic heterocycles. The summed E-state index contributed by atoms with van der Waals surface area (Å²) in [6.07, 6.45) is 3.67. The van der Waals surface area contributed by atoms with Crippen molar-refractivity contribution in [2.75, 3.05) is 50.5 Å². The maximum Gasteiger partial charge on any atom is 0.196 e. The van der Waals surface area contributed by atoms with Gasteiger partial charge in [-0.15, -0.1) is 0 Å². The molecule has 1 saturated heterocycles. The highest BCUT2D eigenvalue weighted by molar-refractivity contribution is 6.28. The van der Waals surface area contributed by atoms with E-state index in [4.69, 9.17) is 4.52 Å². The van der Waals surface area contributed by atoms with Gasteiger partial charge in [0.1, 0.15) is 5.52 Å². The lowest BCUT2D eigenvalue weighted by molar-refractivity contribution is 0.104. The quantitative estimate of drug-likeness (QED) is 0.502. The second-order valence-electron chi connectivity index (χ2n) is 8.15. The number of aromatic nitrogens is 1. The second-order valence-corrected chi connectivity index (χ2v) is 8.15. The Balaban J connectivity index is 1.54. The predicted molar refractivity (Wildman–Crippen MR) is 116 cm³/mol. The number of nitrogens with zero attached hydrogens (tertiary/aromatic N) is 3. The summed E-state index contributed by atoms with van der Waals surface area (Å²) >= 11 is 0. The number of carbonyl (C=O) groups excluding carboxylic acids is 1. The van der Waals surface area contributed by atoms with Gasteiger partial charge < -0.3 is 19.6 Å². The first-order chi connectivity index (χ1) is 14.1. The number of fused-ring (bicyclic) bond motifs is 2. The molecule has 0 radical (unpaired) electrons. The fraction of sp³-hybridized carbons (Fsp3) is 0.391. The van der Waals surface area contributed by atoms with E-state index in [1.54, 1.807) is 0 Å². The molecule has 1 aliphatic carbocycles. The molecule has 6 nitrogen and oxygen atoms in total. The molecule has 6 heteroatoms. The molecule has 1 aromatic heterocycles. The molecule has 5 rings (SSSR count). The van der Waals surface area contributed by atoms with E-state index >= 15 is 0 Å². The zero-order valence-electron chi connectivity index (χ0n) is 17.0. The van der Waals surface area contributed by atoms with Crippen molar-refractivity contribution in [3.05, 3.63) is 41.5 Å². The van der Waals surface area contributed by atoms with E-state index in [1.807, 2.05) is 49.3 Å². The number of nitrogens with one attached hydrogen (secondary N) is 1. The van der Waals surface area contributed by atoms with Crippen molar-refractivity contribution in [1.29, 1.82) is 0 Å². The van der Waals surface area contributed by atoms with Crippen molar-refractivity contribution in [3.8, 4) is 11.3 Å². The Hall–Kier alpha value is -2.86. The van der Waals surface area contributed by atoms with Crippen LogP contribution in [-0.4, -0.2) is 56.1 Å². The number of anilines is 2. The standard InChI is InChI=1S/C23H26N4O2/c1-26(2)18-14-17(24-10-7-13-27-11-5-6-12-27)19-20-21(18)25-29-23(20)16-9-4-3-8-15(16)22(19)28/h3-4,8-9,14,24H,5-7,10-13H2,1-2H3. The topological polar surface area (TPSA) is 61.6 Å². The van der Waals surface area contributed by atoms with Crippen LogP contribution in [0.3, 0.4) is 0 Å². The maximum absolute atomic E-state index is 13.4. The van der Waals surface area contributed by atoms with E-state index in [-0.39, 0.29) is 5.78 Å². The average Bonchev–Trinajstić information content (AvgIpc) is 3.39. The van der Waals surface area contributed by atoms with Crippen molar-refractivity contribution in [2.45, 2.75) is 19.3 Å². The van der Waals surface area contributed by atoms with Gasteiger partial charge in [-0.1, -0.05) is 29.4 Å². The first kappa shape index (κ1) is 18.2. The summed E-state index contributed by atoms with van der Waals surface area (Å²) in [5.41, 5.74) is 4.74. The summed E-state index contributed by atoms with van der Waals surface area (Å²) in [5, 5.41) is 8.70. The van der Waals surface area contributed by atoms with Crippen molar-refractivity contribution in [1.82, 2.24) is 10.1 Å². The van der Waals surface area contributed by atoms with Crippen LogP contribution in [-0.2, 0) is 0 Å². The lowest BCUT2D eigenvalue weighted by Crippen LogP contribution is -2.23. The van der Waals surface area contributed by atoms with Gasteiger partial charge in [0, 0.05) is 37.5 Å². The van der Waals surface area contributed by atoms with E-state index in [9.17, 15) is 4.79 Å². The Bertz CT molecular complexity index is 1080. The highest BCUT2D eigenvalue weighted by Gasteiger charge is 2.32. The van der Waals surface area contributed by atoms with Gasteiger partial charge in [0.05, 0.1) is 16.6 Å². The Morgan fingerprint density at radius 1 is 1.17 bits per heavy atom. The van der Waals surface area contributed by atoms with Crippen LogP contribution >= 0.6 is 0 Å². The molecular formula is C23H26N4O2. The number of hydrogen-bond acceptors (Lipinski definition) is 6. The van der Waals surface area contributed by atoms with Gasteiger partial charge >= 0.3 is 0 Å². The Morgan fingerprint density at radius 2 is 1.93 bits per heavy atom. The average molecular weight is 390 g/mol.